The molecule has 0 spiro atoms. The maximum absolute atomic E-state index is 12.2. The van der Waals surface area contributed by atoms with Gasteiger partial charge >= 0.3 is 5.97 Å². The summed E-state index contributed by atoms with van der Waals surface area (Å²) in [6, 6.07) is 14.6. The lowest BCUT2D eigenvalue weighted by Gasteiger charge is -2.09. The van der Waals surface area contributed by atoms with E-state index in [4.69, 9.17) is 4.74 Å². The number of thiophene rings is 1. The second-order valence-electron chi connectivity index (χ2n) is 5.40. The third-order valence-corrected chi connectivity index (χ3v) is 4.80. The van der Waals surface area contributed by atoms with Gasteiger partial charge in [0.05, 0.1) is 12.2 Å². The van der Waals surface area contributed by atoms with Crippen LogP contribution in [0, 0.1) is 0 Å². The van der Waals surface area contributed by atoms with Gasteiger partial charge in [-0.3, -0.25) is 0 Å². The first-order chi connectivity index (χ1) is 10.6. The summed E-state index contributed by atoms with van der Waals surface area (Å²) in [6.45, 7) is 6.11. The van der Waals surface area contributed by atoms with Crippen molar-refractivity contribution in [3.8, 4) is 0 Å². The summed E-state index contributed by atoms with van der Waals surface area (Å²) in [5, 5.41) is 2.43. The number of hydrogen-bond acceptors (Lipinski definition) is 3. The molecule has 3 rings (SSSR count). The SMILES string of the molecule is CCOC(=O)C(=C(C)C)c1ccc2sc3ccccc3c2c1. The number of carbonyl (C=O) groups excluding carboxylic acids is 1. The molecule has 0 unspecified atom stereocenters. The first kappa shape index (κ1) is 14.8. The monoisotopic (exact) mass is 310 g/mol. The normalized spacial score (nSPS) is 10.9. The minimum absolute atomic E-state index is 0.249. The van der Waals surface area contributed by atoms with Crippen molar-refractivity contribution in [1.82, 2.24) is 0 Å². The highest BCUT2D eigenvalue weighted by Gasteiger charge is 2.16. The van der Waals surface area contributed by atoms with Crippen LogP contribution in [0.4, 0.5) is 0 Å². The second kappa shape index (κ2) is 5.93. The zero-order chi connectivity index (χ0) is 15.7. The standard InChI is InChI=1S/C19H18O2S/c1-4-21-19(20)18(12(2)3)13-9-10-17-15(11-13)14-7-5-6-8-16(14)22-17/h5-11H,4H2,1-3H3. The first-order valence-electron chi connectivity index (χ1n) is 7.38. The third kappa shape index (κ3) is 2.53. The van der Waals surface area contributed by atoms with Crippen molar-refractivity contribution in [2.24, 2.45) is 0 Å². The summed E-state index contributed by atoms with van der Waals surface area (Å²) in [6.07, 6.45) is 0. The molecular weight excluding hydrogens is 292 g/mol. The fraction of sp³-hybridized carbons (Fsp3) is 0.211. The topological polar surface area (TPSA) is 26.3 Å². The molecule has 1 heterocycles. The summed E-state index contributed by atoms with van der Waals surface area (Å²) in [7, 11) is 0. The lowest BCUT2D eigenvalue weighted by atomic mass is 9.99. The highest BCUT2D eigenvalue weighted by Crippen LogP contribution is 2.35. The number of allylic oxidation sites excluding steroid dienone is 1. The number of rotatable bonds is 3. The fourth-order valence-electron chi connectivity index (χ4n) is 2.70. The van der Waals surface area contributed by atoms with Crippen LogP contribution >= 0.6 is 11.3 Å². The van der Waals surface area contributed by atoms with Crippen LogP contribution in [-0.4, -0.2) is 12.6 Å². The van der Waals surface area contributed by atoms with E-state index in [0.29, 0.717) is 12.2 Å². The molecule has 2 aromatic carbocycles. The zero-order valence-electron chi connectivity index (χ0n) is 13.0. The molecule has 0 saturated heterocycles. The Morgan fingerprint density at radius 1 is 1.05 bits per heavy atom. The molecule has 0 bridgehead atoms. The van der Waals surface area contributed by atoms with Crippen LogP contribution in [0.2, 0.25) is 0 Å². The van der Waals surface area contributed by atoms with E-state index < -0.39 is 0 Å². The van der Waals surface area contributed by atoms with Crippen LogP contribution in [0.3, 0.4) is 0 Å². The van der Waals surface area contributed by atoms with Crippen molar-refractivity contribution in [1.29, 1.82) is 0 Å². The van der Waals surface area contributed by atoms with E-state index in [0.717, 1.165) is 11.1 Å². The molecule has 3 aromatic rings. The van der Waals surface area contributed by atoms with E-state index in [1.807, 2.05) is 32.9 Å². The molecule has 3 heteroatoms. The predicted molar refractivity (Wildman–Crippen MR) is 94.2 cm³/mol. The Hall–Kier alpha value is -2.13. The minimum atomic E-state index is -0.249. The Morgan fingerprint density at radius 2 is 1.77 bits per heavy atom. The van der Waals surface area contributed by atoms with Crippen molar-refractivity contribution in [3.63, 3.8) is 0 Å². The molecule has 0 saturated carbocycles. The Bertz CT molecular complexity index is 883. The molecule has 0 fully saturated rings. The predicted octanol–water partition coefficient (Wildman–Crippen LogP) is 5.41. The Balaban J connectivity index is 2.20. The molecule has 0 amide bonds. The van der Waals surface area contributed by atoms with E-state index >= 15 is 0 Å². The molecular formula is C19H18O2S. The van der Waals surface area contributed by atoms with E-state index in [-0.39, 0.29) is 5.97 Å². The van der Waals surface area contributed by atoms with Gasteiger partial charge in [0.15, 0.2) is 0 Å². The third-order valence-electron chi connectivity index (χ3n) is 3.64. The molecule has 112 valence electrons. The maximum atomic E-state index is 12.2. The van der Waals surface area contributed by atoms with Gasteiger partial charge in [0.1, 0.15) is 0 Å². The van der Waals surface area contributed by atoms with Gasteiger partial charge < -0.3 is 4.74 Å². The number of hydrogen-bond donors (Lipinski definition) is 0. The number of esters is 1. The van der Waals surface area contributed by atoms with Crippen molar-refractivity contribution in [3.05, 3.63) is 53.6 Å². The smallest absolute Gasteiger partial charge is 0.338 e. The van der Waals surface area contributed by atoms with Gasteiger partial charge in [0, 0.05) is 20.2 Å². The second-order valence-corrected chi connectivity index (χ2v) is 6.49. The van der Waals surface area contributed by atoms with Gasteiger partial charge in [-0.15, -0.1) is 11.3 Å². The average Bonchev–Trinajstić information content (AvgIpc) is 2.85. The number of carbonyl (C=O) groups is 1. The van der Waals surface area contributed by atoms with Gasteiger partial charge in [-0.25, -0.2) is 4.79 Å². The lowest BCUT2D eigenvalue weighted by Crippen LogP contribution is -2.08. The molecule has 0 aliphatic rings. The van der Waals surface area contributed by atoms with Crippen LogP contribution in [0.5, 0.6) is 0 Å². The molecule has 22 heavy (non-hydrogen) atoms. The highest BCUT2D eigenvalue weighted by molar-refractivity contribution is 7.25. The Morgan fingerprint density at radius 3 is 2.50 bits per heavy atom. The van der Waals surface area contributed by atoms with Crippen LogP contribution in [0.25, 0.3) is 25.7 Å². The number of fused-ring (bicyclic) bond motifs is 3. The first-order valence-corrected chi connectivity index (χ1v) is 8.19. The Kier molecular flexibility index (Phi) is 3.99. The summed E-state index contributed by atoms with van der Waals surface area (Å²) in [5.41, 5.74) is 2.56. The van der Waals surface area contributed by atoms with E-state index in [1.165, 1.54) is 20.2 Å². The van der Waals surface area contributed by atoms with Crippen molar-refractivity contribution in [2.45, 2.75) is 20.8 Å². The number of ether oxygens (including phenoxy) is 1. The quantitative estimate of drug-likeness (QED) is 0.477. The van der Waals surface area contributed by atoms with Gasteiger partial charge in [0.25, 0.3) is 0 Å². The summed E-state index contributed by atoms with van der Waals surface area (Å²) in [5.74, 6) is -0.249. The van der Waals surface area contributed by atoms with Crippen LogP contribution < -0.4 is 0 Å². The van der Waals surface area contributed by atoms with Gasteiger partial charge in [0.2, 0.25) is 0 Å². The van der Waals surface area contributed by atoms with E-state index in [2.05, 4.69) is 30.3 Å². The van der Waals surface area contributed by atoms with Crippen molar-refractivity contribution in [2.75, 3.05) is 6.61 Å². The highest BCUT2D eigenvalue weighted by atomic mass is 32.1. The van der Waals surface area contributed by atoms with E-state index in [9.17, 15) is 4.79 Å². The minimum Gasteiger partial charge on any atom is -0.462 e. The molecule has 0 radical (unpaired) electrons. The van der Waals surface area contributed by atoms with Crippen LogP contribution in [0.1, 0.15) is 26.3 Å². The van der Waals surface area contributed by atoms with Crippen molar-refractivity contribution < 1.29 is 9.53 Å². The molecule has 1 aromatic heterocycles. The van der Waals surface area contributed by atoms with E-state index in [1.54, 1.807) is 11.3 Å². The molecule has 0 atom stereocenters. The van der Waals surface area contributed by atoms with Gasteiger partial charge in [-0.05, 0) is 44.5 Å². The lowest BCUT2D eigenvalue weighted by molar-refractivity contribution is -0.136. The fourth-order valence-corrected chi connectivity index (χ4v) is 3.78. The largest absolute Gasteiger partial charge is 0.462 e. The summed E-state index contributed by atoms with van der Waals surface area (Å²) in [4.78, 5) is 12.2. The number of benzene rings is 2. The average molecular weight is 310 g/mol. The van der Waals surface area contributed by atoms with Gasteiger partial charge in [-0.1, -0.05) is 29.8 Å². The van der Waals surface area contributed by atoms with Crippen molar-refractivity contribution >= 4 is 43.1 Å². The summed E-state index contributed by atoms with van der Waals surface area (Å²) >= 11 is 1.78. The van der Waals surface area contributed by atoms with Crippen LogP contribution in [0.15, 0.2) is 48.0 Å². The molecule has 0 aliphatic heterocycles. The Labute approximate surface area is 134 Å². The van der Waals surface area contributed by atoms with Gasteiger partial charge in [-0.2, -0.15) is 0 Å². The van der Waals surface area contributed by atoms with Crippen LogP contribution in [-0.2, 0) is 9.53 Å². The maximum Gasteiger partial charge on any atom is 0.338 e. The molecule has 2 nitrogen and oxygen atoms in total. The molecule has 0 aliphatic carbocycles. The molecule has 0 N–H and O–H groups in total. The zero-order valence-corrected chi connectivity index (χ0v) is 13.8. The summed E-state index contributed by atoms with van der Waals surface area (Å²) < 4.78 is 7.71.